The number of Topliss-reactive ketones (excluding diaryl/α,β-unsaturated/α-hetero) is 1. The van der Waals surface area contributed by atoms with Crippen LogP contribution in [-0.4, -0.2) is 10.9 Å². The van der Waals surface area contributed by atoms with Gasteiger partial charge in [0.05, 0.1) is 5.56 Å². The van der Waals surface area contributed by atoms with E-state index in [0.29, 0.717) is 12.0 Å². The zero-order valence-electron chi connectivity index (χ0n) is 8.50. The molecule has 14 heavy (non-hydrogen) atoms. The summed E-state index contributed by atoms with van der Waals surface area (Å²) < 4.78 is 0. The largest absolute Gasteiger partial charge is 0.507 e. The highest BCUT2D eigenvalue weighted by molar-refractivity contribution is 5.97. The number of benzene rings is 1. The summed E-state index contributed by atoms with van der Waals surface area (Å²) in [5.74, 6) is -0.0596. The fourth-order valence-corrected chi connectivity index (χ4v) is 1.39. The third kappa shape index (κ3) is 2.02. The van der Waals surface area contributed by atoms with E-state index in [0.717, 1.165) is 11.1 Å². The van der Waals surface area contributed by atoms with Gasteiger partial charge in [-0.05, 0) is 43.5 Å². The molecule has 2 heteroatoms. The van der Waals surface area contributed by atoms with Gasteiger partial charge in [0.1, 0.15) is 5.75 Å². The number of rotatable bonds is 3. The van der Waals surface area contributed by atoms with Crippen molar-refractivity contribution in [3.63, 3.8) is 0 Å². The first kappa shape index (κ1) is 10.5. The molecule has 0 saturated carbocycles. The van der Waals surface area contributed by atoms with Gasteiger partial charge in [0.2, 0.25) is 0 Å². The van der Waals surface area contributed by atoms with Crippen LogP contribution in [0.1, 0.15) is 28.4 Å². The number of phenols is 1. The van der Waals surface area contributed by atoms with Crippen LogP contribution in [0.2, 0.25) is 0 Å². The molecule has 0 unspecified atom stereocenters. The van der Waals surface area contributed by atoms with Gasteiger partial charge in [0.15, 0.2) is 5.78 Å². The molecule has 0 radical (unpaired) electrons. The summed E-state index contributed by atoms with van der Waals surface area (Å²) in [7, 11) is 0. The highest BCUT2D eigenvalue weighted by Gasteiger charge is 2.09. The molecule has 2 nitrogen and oxygen atoms in total. The van der Waals surface area contributed by atoms with Crippen LogP contribution >= 0.6 is 0 Å². The van der Waals surface area contributed by atoms with Crippen LogP contribution < -0.4 is 0 Å². The Labute approximate surface area is 83.9 Å². The molecule has 0 saturated heterocycles. The minimum Gasteiger partial charge on any atom is -0.507 e. The van der Waals surface area contributed by atoms with Crippen molar-refractivity contribution in [1.29, 1.82) is 0 Å². The molecule has 0 aliphatic rings. The molecule has 1 rings (SSSR count). The van der Waals surface area contributed by atoms with E-state index in [4.69, 9.17) is 0 Å². The summed E-state index contributed by atoms with van der Waals surface area (Å²) in [4.78, 5) is 11.1. The lowest BCUT2D eigenvalue weighted by molar-refractivity contribution is 0.101. The van der Waals surface area contributed by atoms with E-state index in [9.17, 15) is 9.90 Å². The molecule has 0 fully saturated rings. The van der Waals surface area contributed by atoms with Gasteiger partial charge in [-0.15, -0.1) is 6.58 Å². The van der Waals surface area contributed by atoms with Gasteiger partial charge in [-0.25, -0.2) is 0 Å². The van der Waals surface area contributed by atoms with E-state index >= 15 is 0 Å². The maximum atomic E-state index is 11.1. The van der Waals surface area contributed by atoms with Crippen molar-refractivity contribution < 1.29 is 9.90 Å². The van der Waals surface area contributed by atoms with Crippen molar-refractivity contribution >= 4 is 5.78 Å². The smallest absolute Gasteiger partial charge is 0.163 e. The van der Waals surface area contributed by atoms with Crippen LogP contribution in [0.3, 0.4) is 0 Å². The lowest BCUT2D eigenvalue weighted by atomic mass is 9.99. The predicted octanol–water partition coefficient (Wildman–Crippen LogP) is 2.63. The Kier molecular flexibility index (Phi) is 3.07. The molecule has 0 aliphatic heterocycles. The van der Waals surface area contributed by atoms with Gasteiger partial charge in [0, 0.05) is 0 Å². The summed E-state index contributed by atoms with van der Waals surface area (Å²) in [6, 6.07) is 3.35. The Hall–Kier alpha value is -1.57. The highest BCUT2D eigenvalue weighted by atomic mass is 16.3. The number of aromatic hydroxyl groups is 1. The number of hydrogen-bond acceptors (Lipinski definition) is 2. The molecular formula is C12H14O2. The van der Waals surface area contributed by atoms with Crippen molar-refractivity contribution in [3.05, 3.63) is 41.5 Å². The molecule has 1 aromatic rings. The third-order valence-electron chi connectivity index (χ3n) is 2.20. The number of allylic oxidation sites excluding steroid dienone is 1. The van der Waals surface area contributed by atoms with Gasteiger partial charge in [0.25, 0.3) is 0 Å². The zero-order valence-corrected chi connectivity index (χ0v) is 8.50. The number of phenolic OH excluding ortho intramolecular Hbond substituents is 1. The van der Waals surface area contributed by atoms with E-state index in [2.05, 4.69) is 6.58 Å². The Morgan fingerprint density at radius 2 is 2.21 bits per heavy atom. The standard InChI is InChI=1S/C12H14O2/c1-4-5-10-7-11(9(3)13)12(14)6-8(10)2/h4,6-7,14H,1,5H2,2-3H3. The number of ketones is 1. The first-order chi connectivity index (χ1) is 6.56. The van der Waals surface area contributed by atoms with Gasteiger partial charge >= 0.3 is 0 Å². The molecule has 1 N–H and O–H groups in total. The van der Waals surface area contributed by atoms with Crippen LogP contribution in [0.5, 0.6) is 5.75 Å². The fourth-order valence-electron chi connectivity index (χ4n) is 1.39. The lowest BCUT2D eigenvalue weighted by Crippen LogP contribution is -1.97. The molecule has 0 heterocycles. The van der Waals surface area contributed by atoms with Crippen molar-refractivity contribution in [2.24, 2.45) is 0 Å². The average Bonchev–Trinajstić information content (AvgIpc) is 2.09. The monoisotopic (exact) mass is 190 g/mol. The minimum atomic E-state index is -0.118. The average molecular weight is 190 g/mol. The maximum Gasteiger partial charge on any atom is 0.163 e. The van der Waals surface area contributed by atoms with Crippen LogP contribution in [0, 0.1) is 6.92 Å². The quantitative estimate of drug-likeness (QED) is 0.587. The molecule has 0 aromatic heterocycles. The number of carbonyl (C=O) groups excluding carboxylic acids is 1. The molecule has 0 aliphatic carbocycles. The van der Waals surface area contributed by atoms with E-state index < -0.39 is 0 Å². The topological polar surface area (TPSA) is 37.3 Å². The molecule has 0 bridgehead atoms. The van der Waals surface area contributed by atoms with Gasteiger partial charge in [-0.3, -0.25) is 4.79 Å². The first-order valence-corrected chi connectivity index (χ1v) is 4.50. The van der Waals surface area contributed by atoms with Crippen LogP contribution in [0.25, 0.3) is 0 Å². The number of carbonyl (C=O) groups is 1. The van der Waals surface area contributed by atoms with Gasteiger partial charge < -0.3 is 5.11 Å². The molecule has 74 valence electrons. The molecular weight excluding hydrogens is 176 g/mol. The second-order valence-electron chi connectivity index (χ2n) is 3.34. The fraction of sp³-hybridized carbons (Fsp3) is 0.250. The zero-order chi connectivity index (χ0) is 10.7. The first-order valence-electron chi connectivity index (χ1n) is 4.50. The molecule has 0 atom stereocenters. The van der Waals surface area contributed by atoms with Crippen molar-refractivity contribution in [1.82, 2.24) is 0 Å². The summed E-state index contributed by atoms with van der Waals surface area (Å²) in [5.41, 5.74) is 2.39. The van der Waals surface area contributed by atoms with E-state index in [-0.39, 0.29) is 11.5 Å². The molecule has 1 aromatic carbocycles. The van der Waals surface area contributed by atoms with E-state index in [1.165, 1.54) is 6.92 Å². The minimum absolute atomic E-state index is 0.0582. The second kappa shape index (κ2) is 4.09. The highest BCUT2D eigenvalue weighted by Crippen LogP contribution is 2.23. The summed E-state index contributed by atoms with van der Waals surface area (Å²) in [6.07, 6.45) is 2.50. The van der Waals surface area contributed by atoms with Crippen molar-refractivity contribution in [2.75, 3.05) is 0 Å². The third-order valence-corrected chi connectivity index (χ3v) is 2.20. The van der Waals surface area contributed by atoms with Gasteiger partial charge in [-0.2, -0.15) is 0 Å². The van der Waals surface area contributed by atoms with Crippen LogP contribution in [0.15, 0.2) is 24.8 Å². The van der Waals surface area contributed by atoms with Crippen LogP contribution in [0.4, 0.5) is 0 Å². The summed E-state index contributed by atoms with van der Waals surface area (Å²) in [5, 5.41) is 9.51. The Morgan fingerprint density at radius 3 is 2.71 bits per heavy atom. The van der Waals surface area contributed by atoms with Crippen molar-refractivity contribution in [3.8, 4) is 5.75 Å². The summed E-state index contributed by atoms with van der Waals surface area (Å²) in [6.45, 7) is 7.00. The Balaban J connectivity index is 3.26. The van der Waals surface area contributed by atoms with Gasteiger partial charge in [-0.1, -0.05) is 6.08 Å². The van der Waals surface area contributed by atoms with E-state index in [1.807, 2.05) is 6.92 Å². The number of aryl methyl sites for hydroxylation is 1. The number of hydrogen-bond donors (Lipinski definition) is 1. The normalized spacial score (nSPS) is 9.86. The van der Waals surface area contributed by atoms with Crippen LogP contribution in [-0.2, 0) is 6.42 Å². The Morgan fingerprint density at radius 1 is 1.57 bits per heavy atom. The lowest BCUT2D eigenvalue weighted by Gasteiger charge is -2.07. The van der Waals surface area contributed by atoms with E-state index in [1.54, 1.807) is 18.2 Å². The Bertz CT molecular complexity index is 378. The predicted molar refractivity (Wildman–Crippen MR) is 56.7 cm³/mol. The van der Waals surface area contributed by atoms with Crippen molar-refractivity contribution in [2.45, 2.75) is 20.3 Å². The maximum absolute atomic E-state index is 11.1. The second-order valence-corrected chi connectivity index (χ2v) is 3.34. The summed E-state index contributed by atoms with van der Waals surface area (Å²) >= 11 is 0. The molecule has 0 spiro atoms. The molecule has 0 amide bonds. The SMILES string of the molecule is C=CCc1cc(C(C)=O)c(O)cc1C.